The van der Waals surface area contributed by atoms with Gasteiger partial charge in [-0.2, -0.15) is 11.8 Å². The summed E-state index contributed by atoms with van der Waals surface area (Å²) in [6, 6.07) is 6.78. The Morgan fingerprint density at radius 1 is 1.36 bits per heavy atom. The van der Waals surface area contributed by atoms with Crippen LogP contribution in [0.15, 0.2) is 18.2 Å². The molecule has 3 nitrogen and oxygen atoms in total. The van der Waals surface area contributed by atoms with Crippen molar-refractivity contribution in [1.29, 1.82) is 0 Å². The van der Waals surface area contributed by atoms with Gasteiger partial charge in [0.1, 0.15) is 0 Å². The molecule has 0 aromatic heterocycles. The van der Waals surface area contributed by atoms with Gasteiger partial charge in [0.2, 0.25) is 5.91 Å². The third-order valence-electron chi connectivity index (χ3n) is 4.40. The highest BCUT2D eigenvalue weighted by Crippen LogP contribution is 2.27. The monoisotopic (exact) mass is 320 g/mol. The summed E-state index contributed by atoms with van der Waals surface area (Å²) in [5.41, 5.74) is 3.34. The molecule has 1 aliphatic rings. The fourth-order valence-corrected chi connectivity index (χ4v) is 4.08. The van der Waals surface area contributed by atoms with E-state index in [9.17, 15) is 4.79 Å². The number of aryl methyl sites for hydroxylation is 1. The summed E-state index contributed by atoms with van der Waals surface area (Å²) in [5, 5.41) is 3.14. The number of benzene rings is 1. The van der Waals surface area contributed by atoms with E-state index in [2.05, 4.69) is 56.2 Å². The molecule has 1 amide bonds. The minimum absolute atomic E-state index is 0.0944. The molecule has 1 aromatic rings. The van der Waals surface area contributed by atoms with Crippen LogP contribution in [0, 0.1) is 6.92 Å². The van der Waals surface area contributed by atoms with Crippen LogP contribution in [0.1, 0.15) is 43.7 Å². The third-order valence-corrected chi connectivity index (χ3v) is 5.45. The van der Waals surface area contributed by atoms with Crippen LogP contribution in [0.3, 0.4) is 0 Å². The van der Waals surface area contributed by atoms with Crippen LogP contribution in [-0.2, 0) is 4.79 Å². The summed E-state index contributed by atoms with van der Waals surface area (Å²) in [7, 11) is 2.07. The number of hydrogen-bond donors (Lipinski definition) is 1. The molecule has 0 atom stereocenters. The molecule has 0 unspecified atom stereocenters. The summed E-state index contributed by atoms with van der Waals surface area (Å²) in [6.45, 7) is 6.86. The van der Waals surface area contributed by atoms with Gasteiger partial charge in [-0.05, 0) is 55.4 Å². The topological polar surface area (TPSA) is 32.3 Å². The first-order valence-electron chi connectivity index (χ1n) is 8.16. The summed E-state index contributed by atoms with van der Waals surface area (Å²) in [4.78, 5) is 14.6. The quantitative estimate of drug-likeness (QED) is 0.893. The molecule has 122 valence electrons. The molecule has 1 aromatic carbocycles. The van der Waals surface area contributed by atoms with Gasteiger partial charge in [-0.25, -0.2) is 0 Å². The first kappa shape index (κ1) is 17.4. The second-order valence-electron chi connectivity index (χ2n) is 6.50. The van der Waals surface area contributed by atoms with E-state index in [0.717, 1.165) is 11.3 Å². The van der Waals surface area contributed by atoms with Crippen LogP contribution in [0.4, 0.5) is 5.69 Å². The lowest BCUT2D eigenvalue weighted by atomic mass is 9.98. The Bertz CT molecular complexity index is 510. The van der Waals surface area contributed by atoms with E-state index in [1.165, 1.54) is 29.9 Å². The highest BCUT2D eigenvalue weighted by Gasteiger charge is 2.21. The molecule has 0 aliphatic carbocycles. The molecule has 2 rings (SSSR count). The van der Waals surface area contributed by atoms with E-state index in [0.29, 0.717) is 18.5 Å². The van der Waals surface area contributed by atoms with Crippen molar-refractivity contribution in [2.24, 2.45) is 0 Å². The van der Waals surface area contributed by atoms with Gasteiger partial charge in [0.05, 0.1) is 6.54 Å². The number of anilines is 1. The number of amides is 1. The molecule has 22 heavy (non-hydrogen) atoms. The van der Waals surface area contributed by atoms with Crippen molar-refractivity contribution in [3.8, 4) is 0 Å². The van der Waals surface area contributed by atoms with Crippen molar-refractivity contribution in [1.82, 2.24) is 4.90 Å². The minimum Gasteiger partial charge on any atom is -0.324 e. The molecule has 0 spiro atoms. The summed E-state index contributed by atoms with van der Waals surface area (Å²) in [6.07, 6.45) is 2.38. The Hall–Kier alpha value is -1.000. The number of nitrogens with one attached hydrogen (secondary N) is 1. The maximum Gasteiger partial charge on any atom is 0.238 e. The molecule has 0 bridgehead atoms. The molecule has 1 aliphatic heterocycles. The van der Waals surface area contributed by atoms with Gasteiger partial charge >= 0.3 is 0 Å². The van der Waals surface area contributed by atoms with Crippen molar-refractivity contribution < 1.29 is 4.79 Å². The predicted octanol–water partition coefficient (Wildman–Crippen LogP) is 3.88. The van der Waals surface area contributed by atoms with Gasteiger partial charge in [-0.1, -0.05) is 32.0 Å². The number of rotatable bonds is 5. The van der Waals surface area contributed by atoms with E-state index in [4.69, 9.17) is 0 Å². The number of carbonyl (C=O) groups excluding carboxylic acids is 1. The number of thioether (sulfide) groups is 1. The van der Waals surface area contributed by atoms with Crippen LogP contribution in [0.5, 0.6) is 0 Å². The van der Waals surface area contributed by atoms with E-state index in [1.54, 1.807) is 0 Å². The van der Waals surface area contributed by atoms with Crippen molar-refractivity contribution >= 4 is 23.4 Å². The molecule has 1 N–H and O–H groups in total. The number of carbonyl (C=O) groups is 1. The van der Waals surface area contributed by atoms with Crippen molar-refractivity contribution in [3.63, 3.8) is 0 Å². The molecule has 4 heteroatoms. The first-order valence-corrected chi connectivity index (χ1v) is 9.32. The lowest BCUT2D eigenvalue weighted by Gasteiger charge is -2.30. The fourth-order valence-electron chi connectivity index (χ4n) is 3.00. The highest BCUT2D eigenvalue weighted by molar-refractivity contribution is 7.99. The van der Waals surface area contributed by atoms with Gasteiger partial charge in [-0.15, -0.1) is 0 Å². The average Bonchev–Trinajstić information content (AvgIpc) is 2.49. The zero-order chi connectivity index (χ0) is 16.1. The maximum atomic E-state index is 12.4. The van der Waals surface area contributed by atoms with Crippen molar-refractivity contribution in [3.05, 3.63) is 29.3 Å². The van der Waals surface area contributed by atoms with E-state index < -0.39 is 0 Å². The Morgan fingerprint density at radius 3 is 2.68 bits per heavy atom. The van der Waals surface area contributed by atoms with Crippen LogP contribution in [0.2, 0.25) is 0 Å². The Balaban J connectivity index is 2.00. The molecule has 0 radical (unpaired) electrons. The normalized spacial score (nSPS) is 16.3. The second kappa shape index (κ2) is 8.02. The SMILES string of the molecule is Cc1cccc(C(C)C)c1NC(=O)CN(C)C1CCSCC1. The highest BCUT2D eigenvalue weighted by atomic mass is 32.2. The zero-order valence-corrected chi connectivity index (χ0v) is 15.0. The number of hydrogen-bond acceptors (Lipinski definition) is 3. The smallest absolute Gasteiger partial charge is 0.238 e. The predicted molar refractivity (Wildman–Crippen MR) is 96.9 cm³/mol. The van der Waals surface area contributed by atoms with Gasteiger partial charge < -0.3 is 5.32 Å². The standard InChI is InChI=1S/C18H28N2OS/c1-13(2)16-7-5-6-14(3)18(16)19-17(21)12-20(4)15-8-10-22-11-9-15/h5-7,13,15H,8-12H2,1-4H3,(H,19,21). The second-order valence-corrected chi connectivity index (χ2v) is 7.73. The molecular formula is C18H28N2OS. The van der Waals surface area contributed by atoms with Gasteiger partial charge in [0.15, 0.2) is 0 Å². The zero-order valence-electron chi connectivity index (χ0n) is 14.2. The van der Waals surface area contributed by atoms with E-state index in [1.807, 2.05) is 11.8 Å². The molecule has 1 fully saturated rings. The van der Waals surface area contributed by atoms with Crippen LogP contribution in [-0.4, -0.2) is 41.9 Å². The van der Waals surface area contributed by atoms with Crippen LogP contribution >= 0.6 is 11.8 Å². The number of likely N-dealkylation sites (N-methyl/N-ethyl adjacent to an activating group) is 1. The largest absolute Gasteiger partial charge is 0.324 e. The summed E-state index contributed by atoms with van der Waals surface area (Å²) in [5.74, 6) is 2.93. The first-order chi connectivity index (χ1) is 10.5. The van der Waals surface area contributed by atoms with Gasteiger partial charge in [0, 0.05) is 11.7 Å². The summed E-state index contributed by atoms with van der Waals surface area (Å²) < 4.78 is 0. The minimum atomic E-state index is 0.0944. The van der Waals surface area contributed by atoms with Crippen LogP contribution in [0.25, 0.3) is 0 Å². The Kier molecular flexibility index (Phi) is 6.33. The average molecular weight is 321 g/mol. The lowest BCUT2D eigenvalue weighted by molar-refractivity contribution is -0.117. The summed E-state index contributed by atoms with van der Waals surface area (Å²) >= 11 is 2.02. The van der Waals surface area contributed by atoms with Crippen molar-refractivity contribution in [2.45, 2.75) is 45.6 Å². The van der Waals surface area contributed by atoms with Crippen molar-refractivity contribution in [2.75, 3.05) is 30.4 Å². The van der Waals surface area contributed by atoms with E-state index >= 15 is 0 Å². The van der Waals surface area contributed by atoms with Gasteiger partial charge in [0.25, 0.3) is 0 Å². The molecule has 0 saturated carbocycles. The van der Waals surface area contributed by atoms with Gasteiger partial charge in [-0.3, -0.25) is 9.69 Å². The Morgan fingerprint density at radius 2 is 2.05 bits per heavy atom. The fraction of sp³-hybridized carbons (Fsp3) is 0.611. The Labute approximate surface area is 138 Å². The molecular weight excluding hydrogens is 292 g/mol. The molecule has 1 heterocycles. The lowest BCUT2D eigenvalue weighted by Crippen LogP contribution is -2.40. The van der Waals surface area contributed by atoms with Crippen LogP contribution < -0.4 is 5.32 Å². The van der Waals surface area contributed by atoms with E-state index in [-0.39, 0.29) is 5.91 Å². The number of para-hydroxylation sites is 1. The molecule has 1 saturated heterocycles. The number of nitrogens with zero attached hydrogens (tertiary/aromatic N) is 1. The third kappa shape index (κ3) is 4.50. The maximum absolute atomic E-state index is 12.4.